The van der Waals surface area contributed by atoms with Crippen LogP contribution in [0, 0.1) is 0 Å². The van der Waals surface area contributed by atoms with E-state index < -0.39 is 10.4 Å². The number of rotatable bonds is 2. The second-order valence-electron chi connectivity index (χ2n) is 4.74. The Morgan fingerprint density at radius 1 is 0.484 bits per heavy atom. The van der Waals surface area contributed by atoms with Gasteiger partial charge in [0, 0.05) is 49.6 Å². The predicted octanol–water partition coefficient (Wildman–Crippen LogP) is 1.09. The van der Waals surface area contributed by atoms with Crippen LogP contribution in [0.2, 0.25) is 0 Å². The second-order valence-corrected chi connectivity index (χ2v) is 5.63. The van der Waals surface area contributed by atoms with Gasteiger partial charge in [0.05, 0.1) is 0 Å². The molecule has 4 aromatic heterocycles. The molecule has 0 saturated carbocycles. The van der Waals surface area contributed by atoms with E-state index in [0.717, 1.165) is 17.4 Å². The molecule has 13 nitrogen and oxygen atoms in total. The van der Waals surface area contributed by atoms with Crippen molar-refractivity contribution >= 4 is 10.4 Å². The Balaban J connectivity index is 0.000000241. The van der Waals surface area contributed by atoms with E-state index in [1.807, 2.05) is 0 Å². The van der Waals surface area contributed by atoms with Crippen molar-refractivity contribution in [2.75, 3.05) is 0 Å². The number of aromatic nitrogens is 8. The smallest absolute Gasteiger partial charge is 0.197 e. The third-order valence-electron chi connectivity index (χ3n) is 2.66. The first-order valence-corrected chi connectivity index (χ1v) is 9.87. The largest absolute Gasteiger partial charge is 0.234 e. The summed E-state index contributed by atoms with van der Waals surface area (Å²) in [5.41, 5.74) is 0. The number of hydrogen-bond acceptors (Lipinski definition) is 11. The van der Waals surface area contributed by atoms with Crippen LogP contribution in [0.4, 0.5) is 0 Å². The molecule has 159 valence electrons. The van der Waals surface area contributed by atoms with E-state index in [9.17, 15) is 0 Å². The SMILES string of the molecule is O=S(=O)(O)O.[O]=[V].c1cnc(-c2ncccn2)nc1.c1cnc(-c2ncccn2)nc1. The van der Waals surface area contributed by atoms with Crippen LogP contribution in [-0.4, -0.2) is 57.4 Å². The molecule has 2 N–H and O–H groups in total. The Morgan fingerprint density at radius 2 is 0.613 bits per heavy atom. The molecule has 0 aliphatic heterocycles. The van der Waals surface area contributed by atoms with Gasteiger partial charge in [0.1, 0.15) is 0 Å². The van der Waals surface area contributed by atoms with Gasteiger partial charge in [-0.3, -0.25) is 9.11 Å². The summed E-state index contributed by atoms with van der Waals surface area (Å²) in [4.78, 5) is 32.1. The monoisotopic (exact) mass is 481 g/mol. The third kappa shape index (κ3) is 12.0. The summed E-state index contributed by atoms with van der Waals surface area (Å²) in [5.74, 6) is 2.22. The van der Waals surface area contributed by atoms with Crippen LogP contribution in [0.3, 0.4) is 0 Å². The summed E-state index contributed by atoms with van der Waals surface area (Å²) < 4.78 is 39.8. The molecule has 0 radical (unpaired) electrons. The molecule has 0 aliphatic carbocycles. The average Bonchev–Trinajstić information content (AvgIpc) is 2.82. The molecule has 31 heavy (non-hydrogen) atoms. The van der Waals surface area contributed by atoms with E-state index in [0.29, 0.717) is 23.3 Å². The minimum absolute atomic E-state index is 0.554. The van der Waals surface area contributed by atoms with Gasteiger partial charge in [0.15, 0.2) is 23.3 Å². The Morgan fingerprint density at radius 3 is 0.742 bits per heavy atom. The first-order valence-electron chi connectivity index (χ1n) is 7.90. The van der Waals surface area contributed by atoms with E-state index in [2.05, 4.69) is 39.9 Å². The fraction of sp³-hybridized carbons (Fsp3) is 0. The van der Waals surface area contributed by atoms with Crippen molar-refractivity contribution in [3.8, 4) is 23.3 Å². The maximum Gasteiger partial charge on any atom is 0.197 e. The number of nitrogens with zero attached hydrogens (tertiary/aromatic N) is 8. The summed E-state index contributed by atoms with van der Waals surface area (Å²) in [5, 5.41) is 0. The molecule has 0 saturated heterocycles. The van der Waals surface area contributed by atoms with Crippen molar-refractivity contribution in [1.82, 2.24) is 39.9 Å². The molecular formula is C16H14N8O5SV. The molecule has 0 amide bonds. The van der Waals surface area contributed by atoms with Crippen molar-refractivity contribution < 1.29 is 38.6 Å². The fourth-order valence-corrected chi connectivity index (χ4v) is 1.66. The molecule has 0 spiro atoms. The van der Waals surface area contributed by atoms with Crippen molar-refractivity contribution in [3.05, 3.63) is 73.8 Å². The van der Waals surface area contributed by atoms with Gasteiger partial charge in [-0.15, -0.1) is 0 Å². The Bertz CT molecular complexity index is 940. The first-order chi connectivity index (χ1) is 14.9. The zero-order valence-electron chi connectivity index (χ0n) is 15.5. The van der Waals surface area contributed by atoms with Crippen LogP contribution < -0.4 is 0 Å². The van der Waals surface area contributed by atoms with Crippen LogP contribution >= 0.6 is 0 Å². The van der Waals surface area contributed by atoms with E-state index in [-0.39, 0.29) is 0 Å². The van der Waals surface area contributed by atoms with Crippen molar-refractivity contribution in [1.29, 1.82) is 0 Å². The first kappa shape index (κ1) is 25.6. The zero-order chi connectivity index (χ0) is 23.0. The Labute approximate surface area is 186 Å². The van der Waals surface area contributed by atoms with Gasteiger partial charge >= 0.3 is 31.4 Å². The standard InChI is InChI=1S/2C8H6N4.H2O4S.O.V/c2*1-3-9-7(10-4-1)8-11-5-2-6-12-8;1-5(2,3)4;;/h2*1-6H;(H2,1,2,3,4);;. The molecule has 0 aliphatic rings. The van der Waals surface area contributed by atoms with E-state index >= 15 is 0 Å². The quantitative estimate of drug-likeness (QED) is 0.387. The topological polar surface area (TPSA) is 195 Å². The van der Waals surface area contributed by atoms with Gasteiger partial charge in [-0.1, -0.05) is 0 Å². The van der Waals surface area contributed by atoms with E-state index in [1.54, 1.807) is 73.8 Å². The van der Waals surface area contributed by atoms with Crippen LogP contribution in [0.5, 0.6) is 0 Å². The van der Waals surface area contributed by atoms with Gasteiger partial charge in [0.2, 0.25) is 0 Å². The maximum atomic E-state index is 8.74. The summed E-state index contributed by atoms with van der Waals surface area (Å²) >= 11 is 1.06. The Kier molecular flexibility index (Phi) is 12.0. The molecular weight excluding hydrogens is 467 g/mol. The van der Waals surface area contributed by atoms with Crippen molar-refractivity contribution in [2.24, 2.45) is 0 Å². The second kappa shape index (κ2) is 14.5. The molecule has 0 unspecified atom stereocenters. The van der Waals surface area contributed by atoms with Crippen molar-refractivity contribution in [2.45, 2.75) is 0 Å². The summed E-state index contributed by atoms with van der Waals surface area (Å²) in [6, 6.07) is 7.03. The van der Waals surface area contributed by atoms with Crippen molar-refractivity contribution in [3.63, 3.8) is 0 Å². The maximum absolute atomic E-state index is 8.74. The molecule has 0 atom stereocenters. The summed E-state index contributed by atoms with van der Waals surface area (Å²) in [6.45, 7) is 0. The van der Waals surface area contributed by atoms with Gasteiger partial charge < -0.3 is 0 Å². The van der Waals surface area contributed by atoms with E-state index in [4.69, 9.17) is 21.2 Å². The minimum Gasteiger partial charge on any atom is -0.234 e. The molecule has 4 rings (SSSR count). The Hall–Kier alpha value is -3.43. The third-order valence-corrected chi connectivity index (χ3v) is 2.66. The van der Waals surface area contributed by atoms with Crippen LogP contribution in [0.25, 0.3) is 23.3 Å². The zero-order valence-corrected chi connectivity index (χ0v) is 17.7. The van der Waals surface area contributed by atoms with Crippen LogP contribution in [-0.2, 0) is 31.4 Å². The van der Waals surface area contributed by atoms with Crippen LogP contribution in [0.1, 0.15) is 0 Å². The summed E-state index contributed by atoms with van der Waals surface area (Å²) in [7, 11) is -4.67. The van der Waals surface area contributed by atoms with E-state index in [1.165, 1.54) is 0 Å². The van der Waals surface area contributed by atoms with Gasteiger partial charge in [0.25, 0.3) is 0 Å². The average molecular weight is 481 g/mol. The fourth-order valence-electron chi connectivity index (χ4n) is 1.66. The molecule has 4 aromatic rings. The van der Waals surface area contributed by atoms with Gasteiger partial charge in [-0.2, -0.15) is 8.42 Å². The molecule has 4 heterocycles. The van der Waals surface area contributed by atoms with Gasteiger partial charge in [-0.25, -0.2) is 39.9 Å². The molecule has 15 heteroatoms. The predicted molar refractivity (Wildman–Crippen MR) is 101 cm³/mol. The van der Waals surface area contributed by atoms with Crippen LogP contribution in [0.15, 0.2) is 73.8 Å². The normalized spacial score (nSPS) is 9.45. The summed E-state index contributed by atoms with van der Waals surface area (Å²) in [6.07, 6.45) is 13.3. The number of hydrogen-bond donors (Lipinski definition) is 2. The molecule has 0 bridgehead atoms. The molecule has 0 aromatic carbocycles. The van der Waals surface area contributed by atoms with Gasteiger partial charge in [-0.05, 0) is 24.3 Å². The molecule has 0 fully saturated rings. The minimum atomic E-state index is -4.67.